The second-order valence-electron chi connectivity index (χ2n) is 6.25. The van der Waals surface area contributed by atoms with E-state index in [1.54, 1.807) is 32.2 Å². The number of rotatable bonds is 7. The quantitative estimate of drug-likeness (QED) is 0.639. The van der Waals surface area contributed by atoms with Crippen molar-refractivity contribution in [2.24, 2.45) is 0 Å². The molecule has 0 aromatic heterocycles. The summed E-state index contributed by atoms with van der Waals surface area (Å²) < 4.78 is 40.2. The Bertz CT molecular complexity index is 931. The van der Waals surface area contributed by atoms with Crippen molar-refractivity contribution < 1.29 is 22.5 Å². The Kier molecular flexibility index (Phi) is 6.94. The van der Waals surface area contributed by atoms with E-state index in [0.29, 0.717) is 21.8 Å². The number of carbonyl (C=O) groups excluding carboxylic acids is 1. The standard InChI is InChI=1S/C18H21ClFN3O3S/c1-12-7-8-13(9-17(12)27(25,26)21-2)22-18(24)11-23(3)10-14-15(19)5-4-6-16(14)20/h4-9,21H,10-11H2,1-3H3,(H,22,24)/p+1. The van der Waals surface area contributed by atoms with E-state index in [1.165, 1.54) is 25.2 Å². The molecular formula is C18H22ClFN3O3S+. The summed E-state index contributed by atoms with van der Waals surface area (Å²) in [6.45, 7) is 1.98. The van der Waals surface area contributed by atoms with E-state index in [4.69, 9.17) is 11.6 Å². The van der Waals surface area contributed by atoms with Crippen LogP contribution in [0.25, 0.3) is 0 Å². The smallest absolute Gasteiger partial charge is 0.279 e. The lowest BCUT2D eigenvalue weighted by atomic mass is 10.2. The summed E-state index contributed by atoms with van der Waals surface area (Å²) >= 11 is 6.01. The van der Waals surface area contributed by atoms with Gasteiger partial charge in [-0.15, -0.1) is 0 Å². The number of halogens is 2. The summed E-state index contributed by atoms with van der Waals surface area (Å²) in [7, 11) is -0.553. The Hall–Kier alpha value is -2.00. The molecule has 0 radical (unpaired) electrons. The Morgan fingerprint density at radius 3 is 2.59 bits per heavy atom. The molecule has 0 bridgehead atoms. The molecule has 3 N–H and O–H groups in total. The van der Waals surface area contributed by atoms with Crippen LogP contribution in [-0.2, 0) is 21.4 Å². The number of amides is 1. The average Bonchev–Trinajstić information content (AvgIpc) is 2.59. The van der Waals surface area contributed by atoms with Crippen LogP contribution in [0.2, 0.25) is 5.02 Å². The highest BCUT2D eigenvalue weighted by molar-refractivity contribution is 7.89. The van der Waals surface area contributed by atoms with Gasteiger partial charge in [0.2, 0.25) is 10.0 Å². The molecule has 6 nitrogen and oxygen atoms in total. The summed E-state index contributed by atoms with van der Waals surface area (Å²) in [5.74, 6) is -0.737. The molecule has 1 amide bonds. The van der Waals surface area contributed by atoms with Gasteiger partial charge in [0.15, 0.2) is 6.54 Å². The molecule has 0 aliphatic heterocycles. The van der Waals surface area contributed by atoms with Crippen molar-refractivity contribution in [2.75, 3.05) is 26.0 Å². The van der Waals surface area contributed by atoms with Gasteiger partial charge in [-0.1, -0.05) is 23.7 Å². The number of aryl methyl sites for hydroxylation is 1. The summed E-state index contributed by atoms with van der Waals surface area (Å²) in [5.41, 5.74) is 1.29. The summed E-state index contributed by atoms with van der Waals surface area (Å²) in [6.07, 6.45) is 0. The highest BCUT2D eigenvalue weighted by Gasteiger charge is 2.18. The van der Waals surface area contributed by atoms with Crippen molar-refractivity contribution in [2.45, 2.75) is 18.4 Å². The SMILES string of the molecule is CNS(=O)(=O)c1cc(NC(=O)C[NH+](C)Cc2c(F)cccc2Cl)ccc1C. The summed E-state index contributed by atoms with van der Waals surface area (Å²) in [6, 6.07) is 9.11. The van der Waals surface area contributed by atoms with Crippen molar-refractivity contribution in [1.29, 1.82) is 0 Å². The molecule has 1 unspecified atom stereocenters. The van der Waals surface area contributed by atoms with Gasteiger partial charge in [-0.3, -0.25) is 4.79 Å². The van der Waals surface area contributed by atoms with Gasteiger partial charge in [-0.25, -0.2) is 17.5 Å². The Morgan fingerprint density at radius 2 is 1.96 bits per heavy atom. The van der Waals surface area contributed by atoms with E-state index in [-0.39, 0.29) is 23.9 Å². The zero-order valence-corrected chi connectivity index (χ0v) is 16.8. The molecule has 9 heteroatoms. The molecule has 0 heterocycles. The lowest BCUT2D eigenvalue weighted by Gasteiger charge is -2.16. The maximum Gasteiger partial charge on any atom is 0.279 e. The van der Waals surface area contributed by atoms with Gasteiger partial charge < -0.3 is 10.2 Å². The first-order valence-corrected chi connectivity index (χ1v) is 10.1. The van der Waals surface area contributed by atoms with Gasteiger partial charge in [-0.2, -0.15) is 0 Å². The fourth-order valence-corrected chi connectivity index (χ4v) is 3.85. The van der Waals surface area contributed by atoms with Gasteiger partial charge >= 0.3 is 0 Å². The molecule has 2 aromatic rings. The molecule has 0 aliphatic rings. The number of hydrogen-bond donors (Lipinski definition) is 3. The summed E-state index contributed by atoms with van der Waals surface area (Å²) in [4.78, 5) is 13.1. The topological polar surface area (TPSA) is 79.7 Å². The Morgan fingerprint density at radius 1 is 1.26 bits per heavy atom. The third kappa shape index (κ3) is 5.49. The third-order valence-electron chi connectivity index (χ3n) is 4.03. The molecule has 1 atom stereocenters. The van der Waals surface area contributed by atoms with Crippen LogP contribution in [0.4, 0.5) is 10.1 Å². The van der Waals surface area contributed by atoms with E-state index in [0.717, 1.165) is 4.90 Å². The molecule has 0 fully saturated rings. The second kappa shape index (κ2) is 8.79. The summed E-state index contributed by atoms with van der Waals surface area (Å²) in [5, 5.41) is 2.99. The van der Waals surface area contributed by atoms with Crippen LogP contribution in [0.1, 0.15) is 11.1 Å². The maximum absolute atomic E-state index is 13.9. The van der Waals surface area contributed by atoms with Gasteiger partial charge in [-0.05, 0) is 43.8 Å². The predicted octanol–water partition coefficient (Wildman–Crippen LogP) is 1.35. The highest BCUT2D eigenvalue weighted by atomic mass is 35.5. The second-order valence-corrected chi connectivity index (χ2v) is 8.51. The van der Waals surface area contributed by atoms with Crippen LogP contribution in [0.15, 0.2) is 41.3 Å². The first kappa shape index (κ1) is 21.3. The van der Waals surface area contributed by atoms with Crippen LogP contribution in [0.5, 0.6) is 0 Å². The van der Waals surface area contributed by atoms with Crippen LogP contribution >= 0.6 is 11.6 Å². The van der Waals surface area contributed by atoms with E-state index in [2.05, 4.69) is 10.0 Å². The van der Waals surface area contributed by atoms with E-state index in [1.807, 2.05) is 0 Å². The molecule has 2 rings (SSSR count). The molecule has 27 heavy (non-hydrogen) atoms. The van der Waals surface area contributed by atoms with Crippen LogP contribution < -0.4 is 14.9 Å². The van der Waals surface area contributed by atoms with Crippen molar-refractivity contribution in [3.8, 4) is 0 Å². The fraction of sp³-hybridized carbons (Fsp3) is 0.278. The first-order chi connectivity index (χ1) is 12.6. The largest absolute Gasteiger partial charge is 0.326 e. The molecule has 0 saturated carbocycles. The Balaban J connectivity index is 2.06. The number of benzene rings is 2. The normalized spacial score (nSPS) is 12.6. The third-order valence-corrected chi connectivity index (χ3v) is 5.94. The van der Waals surface area contributed by atoms with Crippen molar-refractivity contribution in [1.82, 2.24) is 4.72 Å². The molecule has 146 valence electrons. The number of hydrogen-bond acceptors (Lipinski definition) is 3. The van der Waals surface area contributed by atoms with Gasteiger partial charge in [0, 0.05) is 5.69 Å². The first-order valence-electron chi connectivity index (χ1n) is 8.22. The number of carbonyl (C=O) groups is 1. The van der Waals surface area contributed by atoms with Gasteiger partial charge in [0.05, 0.1) is 22.5 Å². The number of nitrogens with one attached hydrogen (secondary N) is 3. The van der Waals surface area contributed by atoms with Crippen LogP contribution in [0, 0.1) is 12.7 Å². The number of quaternary nitrogens is 1. The van der Waals surface area contributed by atoms with Crippen molar-refractivity contribution in [3.05, 3.63) is 58.4 Å². The van der Waals surface area contributed by atoms with Gasteiger partial charge in [0.1, 0.15) is 12.4 Å². The number of sulfonamides is 1. The fourth-order valence-electron chi connectivity index (χ4n) is 2.62. The van der Waals surface area contributed by atoms with Crippen LogP contribution in [-0.4, -0.2) is 35.0 Å². The lowest BCUT2D eigenvalue weighted by molar-refractivity contribution is -0.885. The van der Waals surface area contributed by atoms with Crippen molar-refractivity contribution in [3.63, 3.8) is 0 Å². The number of anilines is 1. The van der Waals surface area contributed by atoms with Crippen molar-refractivity contribution >= 4 is 33.2 Å². The maximum atomic E-state index is 13.9. The van der Waals surface area contributed by atoms with Crippen LogP contribution in [0.3, 0.4) is 0 Å². The molecule has 0 aliphatic carbocycles. The molecule has 0 saturated heterocycles. The minimum atomic E-state index is -3.62. The van der Waals surface area contributed by atoms with E-state index < -0.39 is 15.8 Å². The molecular weight excluding hydrogens is 393 g/mol. The predicted molar refractivity (Wildman–Crippen MR) is 103 cm³/mol. The van der Waals surface area contributed by atoms with E-state index in [9.17, 15) is 17.6 Å². The van der Waals surface area contributed by atoms with E-state index >= 15 is 0 Å². The highest BCUT2D eigenvalue weighted by Crippen LogP contribution is 2.20. The average molecular weight is 415 g/mol. The molecule has 0 spiro atoms. The van der Waals surface area contributed by atoms with Gasteiger partial charge in [0.25, 0.3) is 5.91 Å². The lowest BCUT2D eigenvalue weighted by Crippen LogP contribution is -3.08. The minimum absolute atomic E-state index is 0.0622. The monoisotopic (exact) mass is 414 g/mol. The molecule has 2 aromatic carbocycles. The Labute approximate surface area is 163 Å². The number of likely N-dealkylation sites (N-methyl/N-ethyl adjacent to an activating group) is 1. The zero-order chi connectivity index (χ0) is 20.2. The minimum Gasteiger partial charge on any atom is -0.326 e. The zero-order valence-electron chi connectivity index (χ0n) is 15.3.